The Labute approximate surface area is 213 Å². The first-order valence-corrected chi connectivity index (χ1v) is 13.2. The molecule has 0 atom stereocenters. The van der Waals surface area contributed by atoms with Gasteiger partial charge >= 0.3 is 0 Å². The van der Waals surface area contributed by atoms with Crippen molar-refractivity contribution in [3.8, 4) is 22.8 Å². The molecule has 8 heteroatoms. The average Bonchev–Trinajstić information content (AvgIpc) is 3.35. The number of carbonyl (C=O) groups excluding carboxylic acids is 1. The molecule has 1 aliphatic heterocycles. The molecule has 192 valence electrons. The third-order valence-electron chi connectivity index (χ3n) is 7.46. The minimum absolute atomic E-state index is 0.0125. The maximum atomic E-state index is 13.7. The molecule has 0 spiro atoms. The van der Waals surface area contributed by atoms with Crippen LogP contribution in [0.1, 0.15) is 62.4 Å². The Morgan fingerprint density at radius 3 is 2.56 bits per heavy atom. The third-order valence-corrected chi connectivity index (χ3v) is 7.46. The van der Waals surface area contributed by atoms with Gasteiger partial charge in [0, 0.05) is 37.8 Å². The molecule has 2 aromatic heterocycles. The fourth-order valence-corrected chi connectivity index (χ4v) is 5.24. The fourth-order valence-electron chi connectivity index (χ4n) is 5.24. The number of rotatable bonds is 7. The highest BCUT2D eigenvalue weighted by Crippen LogP contribution is 2.35. The van der Waals surface area contributed by atoms with E-state index in [4.69, 9.17) is 14.5 Å². The summed E-state index contributed by atoms with van der Waals surface area (Å²) in [5, 5.41) is 5.35. The van der Waals surface area contributed by atoms with Gasteiger partial charge in [-0.05, 0) is 58.0 Å². The van der Waals surface area contributed by atoms with Gasteiger partial charge in [-0.15, -0.1) is 0 Å². The Balaban J connectivity index is 1.45. The average molecular weight is 492 g/mol. The largest absolute Gasteiger partial charge is 0.486 e. The number of likely N-dealkylation sites (N-methyl/N-ethyl adjacent to an activating group) is 2. The lowest BCUT2D eigenvalue weighted by molar-refractivity contribution is 0.0769. The number of fused-ring (bicyclic) bond motifs is 2. The van der Waals surface area contributed by atoms with Gasteiger partial charge in [0.2, 0.25) is 0 Å². The SMILES string of the molecule is CC(C)n1ncc2c(C(=O)N(C)CCN(C)C3CCCCC3)cc(-c3ccc4c(c3)OCCO4)nc21. The zero-order valence-electron chi connectivity index (χ0n) is 21.9. The molecule has 1 fully saturated rings. The maximum absolute atomic E-state index is 13.7. The predicted octanol–water partition coefficient (Wildman–Crippen LogP) is 4.79. The fraction of sp³-hybridized carbons (Fsp3) is 0.536. The van der Waals surface area contributed by atoms with Crippen LogP contribution in [0.15, 0.2) is 30.5 Å². The van der Waals surface area contributed by atoms with Crippen molar-refractivity contribution in [2.75, 3.05) is 40.4 Å². The number of benzene rings is 1. The van der Waals surface area contributed by atoms with Gasteiger partial charge in [-0.2, -0.15) is 5.10 Å². The Bertz CT molecular complexity index is 1230. The highest BCUT2D eigenvalue weighted by atomic mass is 16.6. The molecular weight excluding hydrogens is 454 g/mol. The molecule has 3 heterocycles. The molecule has 1 aromatic carbocycles. The molecule has 0 N–H and O–H groups in total. The summed E-state index contributed by atoms with van der Waals surface area (Å²) in [7, 11) is 4.07. The molecule has 0 saturated heterocycles. The van der Waals surface area contributed by atoms with Crippen molar-refractivity contribution in [1.82, 2.24) is 24.6 Å². The molecule has 8 nitrogen and oxygen atoms in total. The van der Waals surface area contributed by atoms with Crippen molar-refractivity contribution in [1.29, 1.82) is 0 Å². The van der Waals surface area contributed by atoms with E-state index in [-0.39, 0.29) is 11.9 Å². The summed E-state index contributed by atoms with van der Waals surface area (Å²) in [6, 6.07) is 8.45. The number of carbonyl (C=O) groups is 1. The van der Waals surface area contributed by atoms with Crippen molar-refractivity contribution in [3.05, 3.63) is 36.0 Å². The molecule has 0 radical (unpaired) electrons. The van der Waals surface area contributed by atoms with Crippen LogP contribution < -0.4 is 9.47 Å². The van der Waals surface area contributed by atoms with Crippen LogP contribution in [-0.4, -0.2) is 76.9 Å². The van der Waals surface area contributed by atoms with E-state index in [0.29, 0.717) is 42.8 Å². The summed E-state index contributed by atoms with van der Waals surface area (Å²) in [5.74, 6) is 1.42. The van der Waals surface area contributed by atoms with Crippen molar-refractivity contribution < 1.29 is 14.3 Å². The number of hydrogen-bond donors (Lipinski definition) is 0. The van der Waals surface area contributed by atoms with Crippen LogP contribution in [0.2, 0.25) is 0 Å². The van der Waals surface area contributed by atoms with Crippen LogP contribution in [0.4, 0.5) is 0 Å². The molecule has 5 rings (SSSR count). The number of hydrogen-bond acceptors (Lipinski definition) is 6. The van der Waals surface area contributed by atoms with E-state index in [2.05, 4.69) is 30.9 Å². The van der Waals surface area contributed by atoms with Gasteiger partial charge in [0.05, 0.1) is 22.8 Å². The van der Waals surface area contributed by atoms with Crippen molar-refractivity contribution in [2.45, 2.75) is 58.0 Å². The molecular formula is C28H37N5O3. The monoisotopic (exact) mass is 491 g/mol. The van der Waals surface area contributed by atoms with Gasteiger partial charge in [0.25, 0.3) is 5.91 Å². The van der Waals surface area contributed by atoms with Crippen LogP contribution >= 0.6 is 0 Å². The Hall–Kier alpha value is -3.13. The van der Waals surface area contributed by atoms with E-state index in [0.717, 1.165) is 28.9 Å². The lowest BCUT2D eigenvalue weighted by Gasteiger charge is -2.32. The summed E-state index contributed by atoms with van der Waals surface area (Å²) < 4.78 is 13.4. The van der Waals surface area contributed by atoms with E-state index in [1.54, 1.807) is 6.20 Å². The number of pyridine rings is 1. The van der Waals surface area contributed by atoms with Crippen LogP contribution in [0.25, 0.3) is 22.3 Å². The lowest BCUT2D eigenvalue weighted by atomic mass is 9.94. The molecule has 1 amide bonds. The van der Waals surface area contributed by atoms with E-state index in [1.807, 2.05) is 40.9 Å². The van der Waals surface area contributed by atoms with Crippen LogP contribution in [0.5, 0.6) is 11.5 Å². The maximum Gasteiger partial charge on any atom is 0.254 e. The van der Waals surface area contributed by atoms with E-state index >= 15 is 0 Å². The standard InChI is InChI=1S/C28H37N5O3/c1-19(2)33-27-23(18-29-33)22(28(34)32(4)13-12-31(3)21-8-6-5-7-9-21)17-24(30-27)20-10-11-25-26(16-20)36-15-14-35-25/h10-11,16-19,21H,5-9,12-15H2,1-4H3. The molecule has 1 saturated carbocycles. The van der Waals surface area contributed by atoms with Crippen molar-refractivity contribution in [3.63, 3.8) is 0 Å². The molecule has 2 aliphatic rings. The summed E-state index contributed by atoms with van der Waals surface area (Å²) in [6.45, 7) is 6.74. The van der Waals surface area contributed by atoms with Crippen molar-refractivity contribution >= 4 is 16.9 Å². The quantitative estimate of drug-likeness (QED) is 0.473. The van der Waals surface area contributed by atoms with Gasteiger partial charge in [-0.1, -0.05) is 19.3 Å². The van der Waals surface area contributed by atoms with Gasteiger partial charge in [0.15, 0.2) is 17.1 Å². The number of aromatic nitrogens is 3. The molecule has 3 aromatic rings. The first kappa shape index (κ1) is 24.6. The van der Waals surface area contributed by atoms with Crippen LogP contribution in [0.3, 0.4) is 0 Å². The Morgan fingerprint density at radius 1 is 1.06 bits per heavy atom. The molecule has 36 heavy (non-hydrogen) atoms. The minimum Gasteiger partial charge on any atom is -0.486 e. The normalized spacial score (nSPS) is 16.2. The van der Waals surface area contributed by atoms with Gasteiger partial charge in [-0.3, -0.25) is 4.79 Å². The van der Waals surface area contributed by atoms with Crippen LogP contribution in [-0.2, 0) is 0 Å². The number of ether oxygens (including phenoxy) is 2. The summed E-state index contributed by atoms with van der Waals surface area (Å²) in [4.78, 5) is 22.9. The smallest absolute Gasteiger partial charge is 0.254 e. The first-order chi connectivity index (χ1) is 17.4. The van der Waals surface area contributed by atoms with E-state index in [1.165, 1.54) is 32.1 Å². The Morgan fingerprint density at radius 2 is 1.81 bits per heavy atom. The predicted molar refractivity (Wildman–Crippen MR) is 141 cm³/mol. The second kappa shape index (κ2) is 10.5. The second-order valence-corrected chi connectivity index (χ2v) is 10.3. The minimum atomic E-state index is -0.0125. The molecule has 0 unspecified atom stereocenters. The zero-order valence-corrected chi connectivity index (χ0v) is 21.9. The highest BCUT2D eigenvalue weighted by molar-refractivity contribution is 6.06. The van der Waals surface area contributed by atoms with E-state index in [9.17, 15) is 4.79 Å². The van der Waals surface area contributed by atoms with Gasteiger partial charge in [0.1, 0.15) is 13.2 Å². The molecule has 1 aliphatic carbocycles. The van der Waals surface area contributed by atoms with Gasteiger partial charge < -0.3 is 19.3 Å². The van der Waals surface area contributed by atoms with E-state index < -0.39 is 0 Å². The topological polar surface area (TPSA) is 72.7 Å². The molecule has 0 bridgehead atoms. The van der Waals surface area contributed by atoms with Gasteiger partial charge in [-0.25, -0.2) is 9.67 Å². The van der Waals surface area contributed by atoms with Crippen LogP contribution in [0, 0.1) is 0 Å². The first-order valence-electron chi connectivity index (χ1n) is 13.2. The number of nitrogens with zero attached hydrogens (tertiary/aromatic N) is 5. The highest BCUT2D eigenvalue weighted by Gasteiger charge is 2.23. The van der Waals surface area contributed by atoms with Crippen molar-refractivity contribution in [2.24, 2.45) is 0 Å². The third kappa shape index (κ3) is 4.91. The Kier molecular flexibility index (Phi) is 7.14. The summed E-state index contributed by atoms with van der Waals surface area (Å²) in [6.07, 6.45) is 8.24. The number of amides is 1. The summed E-state index contributed by atoms with van der Waals surface area (Å²) in [5.41, 5.74) is 2.94. The zero-order chi connectivity index (χ0) is 25.2. The summed E-state index contributed by atoms with van der Waals surface area (Å²) >= 11 is 0. The lowest BCUT2D eigenvalue weighted by Crippen LogP contribution is -2.40. The second-order valence-electron chi connectivity index (χ2n) is 10.3.